The summed E-state index contributed by atoms with van der Waals surface area (Å²) in [6.45, 7) is 2.28. The molecule has 4 heteroatoms. The van der Waals surface area contributed by atoms with Crippen LogP contribution in [0.1, 0.15) is 71.1 Å². The average Bonchev–Trinajstić information content (AvgIpc) is 2.83. The molecule has 0 amide bonds. The Morgan fingerprint density at radius 3 is 1.21 bits per heavy atom. The first-order valence-electron chi connectivity index (χ1n) is 12.7. The summed E-state index contributed by atoms with van der Waals surface area (Å²) in [6, 6.07) is 25.2. The van der Waals surface area contributed by atoms with Crippen LogP contribution in [-0.4, -0.2) is 6.16 Å². The highest BCUT2D eigenvalue weighted by Crippen LogP contribution is 2.56. The zero-order valence-electron chi connectivity index (χ0n) is 20.3. The van der Waals surface area contributed by atoms with E-state index in [2.05, 4.69) is 61.5 Å². The van der Waals surface area contributed by atoms with Crippen molar-refractivity contribution in [1.29, 1.82) is 0 Å². The van der Waals surface area contributed by atoms with Gasteiger partial charge in [0.1, 0.15) is 23.2 Å². The van der Waals surface area contributed by atoms with Crippen LogP contribution in [-0.2, 0) is 0 Å². The van der Waals surface area contributed by atoms with E-state index in [0.29, 0.717) is 0 Å². The summed E-state index contributed by atoms with van der Waals surface area (Å²) in [5, 5.41) is 6.19. The lowest BCUT2D eigenvalue weighted by Gasteiger charge is -2.28. The van der Waals surface area contributed by atoms with Crippen molar-refractivity contribution in [2.45, 2.75) is 71.1 Å². The molecule has 3 aromatic carbocycles. The Balaban J connectivity index is 1.83. The minimum atomic E-state index is -1.96. The Kier molecular flexibility index (Phi) is 11.7. The van der Waals surface area contributed by atoms with E-state index < -0.39 is 7.26 Å². The van der Waals surface area contributed by atoms with Gasteiger partial charge in [-0.25, -0.2) is 0 Å². The van der Waals surface area contributed by atoms with Crippen LogP contribution >= 0.6 is 42.1 Å². The quantitative estimate of drug-likeness (QED) is 0.143. The van der Waals surface area contributed by atoms with E-state index in [1.807, 2.05) is 18.2 Å². The maximum Gasteiger partial charge on any atom is 0.112 e. The van der Waals surface area contributed by atoms with E-state index in [0.717, 1.165) is 21.2 Å². The van der Waals surface area contributed by atoms with Crippen LogP contribution in [0, 0.1) is 0 Å². The lowest BCUT2D eigenvalue weighted by molar-refractivity contribution is 0.563. The molecule has 0 atom stereocenters. The first-order chi connectivity index (χ1) is 16.6. The third-order valence-corrected chi connectivity index (χ3v) is 11.8. The van der Waals surface area contributed by atoms with Gasteiger partial charge in [-0.2, -0.15) is 0 Å². The molecule has 0 nitrogen and oxygen atoms in total. The van der Waals surface area contributed by atoms with Crippen molar-refractivity contribution < 1.29 is 0 Å². The Morgan fingerprint density at radius 2 is 0.853 bits per heavy atom. The fraction of sp³-hybridized carbons (Fsp3) is 0.400. The molecule has 0 aliphatic heterocycles. The topological polar surface area (TPSA) is 0 Å². The van der Waals surface area contributed by atoms with E-state index >= 15 is 0 Å². The standard InChI is InChI=1S/C30H37Cl3P/c1-2-3-4-5-6-7-8-9-10-11-21-34(28-18-12-15-25(31)22-28,29-19-13-16-26(32)23-29)30-20-14-17-27(33)24-30/h12-20,22-24H,2-11,21H2,1H3/q+1. The second kappa shape index (κ2) is 14.5. The largest absolute Gasteiger partial charge is 0.112 e. The predicted octanol–water partition coefficient (Wildman–Crippen LogP) is 9.86. The molecule has 0 unspecified atom stereocenters. The molecule has 0 saturated carbocycles. The minimum absolute atomic E-state index is 0.772. The van der Waals surface area contributed by atoms with Gasteiger partial charge in [-0.3, -0.25) is 0 Å². The molecule has 34 heavy (non-hydrogen) atoms. The van der Waals surface area contributed by atoms with Crippen molar-refractivity contribution in [3.8, 4) is 0 Å². The molecule has 0 N–H and O–H groups in total. The third kappa shape index (κ3) is 7.73. The van der Waals surface area contributed by atoms with E-state index in [1.165, 1.54) is 80.1 Å². The summed E-state index contributed by atoms with van der Waals surface area (Å²) < 4.78 is 0. The van der Waals surface area contributed by atoms with Crippen molar-refractivity contribution in [1.82, 2.24) is 0 Å². The molecule has 0 saturated heterocycles. The summed E-state index contributed by atoms with van der Waals surface area (Å²) in [4.78, 5) is 0. The van der Waals surface area contributed by atoms with Gasteiger partial charge in [0.15, 0.2) is 0 Å². The number of hydrogen-bond donors (Lipinski definition) is 0. The highest BCUT2D eigenvalue weighted by Gasteiger charge is 2.45. The SMILES string of the molecule is CCCCCCCCCCCC[P+](c1cccc(Cl)c1)(c1cccc(Cl)c1)c1cccc(Cl)c1. The van der Waals surface area contributed by atoms with Gasteiger partial charge in [-0.1, -0.05) is 111 Å². The van der Waals surface area contributed by atoms with Crippen LogP contribution < -0.4 is 15.9 Å². The van der Waals surface area contributed by atoms with Crippen molar-refractivity contribution in [2.75, 3.05) is 6.16 Å². The summed E-state index contributed by atoms with van der Waals surface area (Å²) in [5.41, 5.74) is 0. The number of benzene rings is 3. The zero-order valence-corrected chi connectivity index (χ0v) is 23.4. The number of halogens is 3. The lowest BCUT2D eigenvalue weighted by Crippen LogP contribution is -2.33. The first kappa shape index (κ1) is 27.5. The fourth-order valence-corrected chi connectivity index (χ4v) is 10.1. The molecule has 3 rings (SSSR count). The normalized spacial score (nSPS) is 11.6. The molecular weight excluding hydrogens is 498 g/mol. The molecule has 0 bridgehead atoms. The Hall–Kier alpha value is -1.04. The molecular formula is C30H37Cl3P+. The summed E-state index contributed by atoms with van der Waals surface area (Å²) in [5.74, 6) is 0. The molecule has 0 heterocycles. The molecule has 0 aromatic heterocycles. The molecule has 0 aliphatic carbocycles. The molecule has 0 aliphatic rings. The average molecular weight is 535 g/mol. The number of rotatable bonds is 14. The monoisotopic (exact) mass is 533 g/mol. The Bertz CT molecular complexity index is 906. The smallest absolute Gasteiger partial charge is 0.0842 e. The van der Waals surface area contributed by atoms with Gasteiger partial charge in [0.05, 0.1) is 6.16 Å². The minimum Gasteiger partial charge on any atom is -0.0842 e. The predicted molar refractivity (Wildman–Crippen MR) is 157 cm³/mol. The van der Waals surface area contributed by atoms with Crippen LogP contribution in [0.15, 0.2) is 72.8 Å². The molecule has 3 aromatic rings. The molecule has 0 radical (unpaired) electrons. The third-order valence-electron chi connectivity index (χ3n) is 6.59. The van der Waals surface area contributed by atoms with Gasteiger partial charge in [-0.05, 0) is 67.4 Å². The van der Waals surface area contributed by atoms with Gasteiger partial charge in [0.25, 0.3) is 0 Å². The summed E-state index contributed by atoms with van der Waals surface area (Å²) >= 11 is 19.6. The summed E-state index contributed by atoms with van der Waals surface area (Å²) in [7, 11) is -1.96. The van der Waals surface area contributed by atoms with Gasteiger partial charge < -0.3 is 0 Å². The zero-order chi connectivity index (χ0) is 24.2. The highest BCUT2D eigenvalue weighted by molar-refractivity contribution is 7.95. The molecule has 182 valence electrons. The second-order valence-corrected chi connectivity index (χ2v) is 14.1. The molecule has 0 fully saturated rings. The molecule has 0 spiro atoms. The lowest BCUT2D eigenvalue weighted by atomic mass is 10.1. The van der Waals surface area contributed by atoms with Crippen LogP contribution in [0.4, 0.5) is 0 Å². The first-order valence-corrected chi connectivity index (χ1v) is 15.8. The van der Waals surface area contributed by atoms with Gasteiger partial charge in [0.2, 0.25) is 0 Å². The Morgan fingerprint density at radius 1 is 0.500 bits per heavy atom. The van der Waals surface area contributed by atoms with Crippen LogP contribution in [0.3, 0.4) is 0 Å². The van der Waals surface area contributed by atoms with E-state index in [9.17, 15) is 0 Å². The van der Waals surface area contributed by atoms with Crippen LogP contribution in [0.5, 0.6) is 0 Å². The number of unbranched alkanes of at least 4 members (excludes halogenated alkanes) is 9. The fourth-order valence-electron chi connectivity index (χ4n) is 4.81. The maximum absolute atomic E-state index is 6.52. The van der Waals surface area contributed by atoms with E-state index in [-0.39, 0.29) is 0 Å². The van der Waals surface area contributed by atoms with E-state index in [4.69, 9.17) is 34.8 Å². The van der Waals surface area contributed by atoms with Crippen molar-refractivity contribution in [3.63, 3.8) is 0 Å². The van der Waals surface area contributed by atoms with Crippen molar-refractivity contribution in [2.24, 2.45) is 0 Å². The Labute approximate surface area is 222 Å². The van der Waals surface area contributed by atoms with Gasteiger partial charge in [0, 0.05) is 15.1 Å². The van der Waals surface area contributed by atoms with Crippen LogP contribution in [0.2, 0.25) is 15.1 Å². The highest BCUT2D eigenvalue weighted by atomic mass is 35.5. The van der Waals surface area contributed by atoms with Crippen molar-refractivity contribution >= 4 is 58.0 Å². The van der Waals surface area contributed by atoms with Crippen molar-refractivity contribution in [3.05, 3.63) is 87.9 Å². The summed E-state index contributed by atoms with van der Waals surface area (Å²) in [6.07, 6.45) is 14.4. The maximum atomic E-state index is 6.52. The van der Waals surface area contributed by atoms with Gasteiger partial charge in [-0.15, -0.1) is 0 Å². The van der Waals surface area contributed by atoms with E-state index in [1.54, 1.807) is 0 Å². The van der Waals surface area contributed by atoms with Crippen LogP contribution in [0.25, 0.3) is 0 Å². The second-order valence-electron chi connectivity index (χ2n) is 9.15. The number of hydrogen-bond acceptors (Lipinski definition) is 0. The van der Waals surface area contributed by atoms with Gasteiger partial charge >= 0.3 is 0 Å².